The highest BCUT2D eigenvalue weighted by atomic mass is 16.5. The Morgan fingerprint density at radius 3 is 2.17 bits per heavy atom. The van der Waals surface area contributed by atoms with Gasteiger partial charge in [0.25, 0.3) is 0 Å². The summed E-state index contributed by atoms with van der Waals surface area (Å²) in [5, 5.41) is 5.98. The lowest BCUT2D eigenvalue weighted by Gasteiger charge is -2.50. The molecule has 35 heavy (non-hydrogen) atoms. The molecule has 2 N–H and O–H groups in total. The highest BCUT2D eigenvalue weighted by Gasteiger charge is 2.44. The van der Waals surface area contributed by atoms with E-state index in [0.717, 1.165) is 44.9 Å². The first-order valence-electron chi connectivity index (χ1n) is 13.3. The zero-order valence-electron chi connectivity index (χ0n) is 22.5. The van der Waals surface area contributed by atoms with Gasteiger partial charge in [0.2, 0.25) is 5.91 Å². The predicted molar refractivity (Wildman–Crippen MR) is 140 cm³/mol. The molecule has 1 aromatic rings. The average molecular weight is 487 g/mol. The molecule has 0 bridgehead atoms. The van der Waals surface area contributed by atoms with E-state index in [1.165, 1.54) is 5.56 Å². The van der Waals surface area contributed by atoms with Crippen LogP contribution in [0, 0.1) is 5.41 Å². The van der Waals surface area contributed by atoms with Crippen molar-refractivity contribution < 1.29 is 14.3 Å². The molecule has 0 saturated heterocycles. The topological polar surface area (TPSA) is 73.9 Å². The van der Waals surface area contributed by atoms with E-state index in [0.29, 0.717) is 32.6 Å². The standard InChI is InChI=1S/C28H46N4O3/c1-6-29-24(33)13-20-32(25(34)30-21-27(35-5)14-10-15-27)22-26(2)16-18-28(19-17-26,31(3)4)23-11-8-7-9-12-23/h7-9,11-12H,6,10,13-22H2,1-5H3,(H,29,33)(H,30,34)/t26-,28-. The SMILES string of the molecule is CCNC(=O)CCN(C[C@]1(C)CC[C@@](c2ccccc2)(N(C)C)CC1)C(=O)NCC1(OC)CCC1. The fourth-order valence-electron chi connectivity index (χ4n) is 5.78. The maximum Gasteiger partial charge on any atom is 0.317 e. The Hall–Kier alpha value is -2.12. The van der Waals surface area contributed by atoms with Gasteiger partial charge in [-0.05, 0) is 76.9 Å². The van der Waals surface area contributed by atoms with Gasteiger partial charge in [0.05, 0.1) is 5.60 Å². The van der Waals surface area contributed by atoms with Gasteiger partial charge < -0.3 is 20.3 Å². The van der Waals surface area contributed by atoms with Crippen molar-refractivity contribution in [3.05, 3.63) is 35.9 Å². The minimum atomic E-state index is -0.226. The van der Waals surface area contributed by atoms with Crippen LogP contribution in [-0.4, -0.2) is 74.7 Å². The van der Waals surface area contributed by atoms with Crippen LogP contribution in [0.5, 0.6) is 0 Å². The number of carbonyl (C=O) groups is 2. The van der Waals surface area contributed by atoms with Crippen LogP contribution in [0.1, 0.15) is 70.8 Å². The Morgan fingerprint density at radius 1 is 1.00 bits per heavy atom. The number of benzene rings is 1. The van der Waals surface area contributed by atoms with Gasteiger partial charge in [0.1, 0.15) is 0 Å². The van der Waals surface area contributed by atoms with Crippen LogP contribution in [0.25, 0.3) is 0 Å². The van der Waals surface area contributed by atoms with Crippen LogP contribution in [0.3, 0.4) is 0 Å². The molecule has 3 amide bonds. The summed E-state index contributed by atoms with van der Waals surface area (Å²) in [7, 11) is 6.08. The molecule has 0 heterocycles. The number of hydrogen-bond acceptors (Lipinski definition) is 4. The Kier molecular flexibility index (Phi) is 9.22. The van der Waals surface area contributed by atoms with Gasteiger partial charge in [-0.2, -0.15) is 0 Å². The average Bonchev–Trinajstić information content (AvgIpc) is 2.82. The number of nitrogens with one attached hydrogen (secondary N) is 2. The monoisotopic (exact) mass is 486 g/mol. The Bertz CT molecular complexity index is 824. The summed E-state index contributed by atoms with van der Waals surface area (Å²) in [5.74, 6) is -0.0119. The number of rotatable bonds is 11. The lowest BCUT2D eigenvalue weighted by Crippen LogP contribution is -2.54. The number of hydrogen-bond donors (Lipinski definition) is 2. The van der Waals surface area contributed by atoms with E-state index in [2.05, 4.69) is 66.9 Å². The van der Waals surface area contributed by atoms with Crippen molar-refractivity contribution >= 4 is 11.9 Å². The van der Waals surface area contributed by atoms with Gasteiger partial charge in [-0.15, -0.1) is 0 Å². The van der Waals surface area contributed by atoms with Crippen LogP contribution in [0.4, 0.5) is 4.79 Å². The van der Waals surface area contributed by atoms with Crippen LogP contribution in [0.2, 0.25) is 0 Å². The molecule has 0 aromatic heterocycles. The minimum absolute atomic E-state index is 0.00226. The third-order valence-corrected chi connectivity index (χ3v) is 8.55. The van der Waals surface area contributed by atoms with E-state index in [4.69, 9.17) is 4.74 Å². The summed E-state index contributed by atoms with van der Waals surface area (Å²) in [6, 6.07) is 10.7. The van der Waals surface area contributed by atoms with E-state index >= 15 is 0 Å². The molecule has 2 aliphatic rings. The van der Waals surface area contributed by atoms with E-state index in [1.807, 2.05) is 11.8 Å². The molecule has 2 saturated carbocycles. The van der Waals surface area contributed by atoms with Gasteiger partial charge in [-0.25, -0.2) is 4.79 Å². The molecule has 0 atom stereocenters. The lowest BCUT2D eigenvalue weighted by atomic mass is 9.65. The third-order valence-electron chi connectivity index (χ3n) is 8.55. The molecule has 0 radical (unpaired) electrons. The first-order valence-corrected chi connectivity index (χ1v) is 13.3. The lowest BCUT2D eigenvalue weighted by molar-refractivity contribution is -0.121. The zero-order chi connectivity index (χ0) is 25.5. The number of urea groups is 1. The second-order valence-electron chi connectivity index (χ2n) is 11.1. The van der Waals surface area contributed by atoms with Crippen LogP contribution >= 0.6 is 0 Å². The molecule has 0 spiro atoms. The van der Waals surface area contributed by atoms with Crippen LogP contribution < -0.4 is 10.6 Å². The Morgan fingerprint density at radius 2 is 1.66 bits per heavy atom. The van der Waals surface area contributed by atoms with E-state index in [9.17, 15) is 9.59 Å². The van der Waals surface area contributed by atoms with Crippen molar-refractivity contribution in [1.29, 1.82) is 0 Å². The van der Waals surface area contributed by atoms with E-state index in [-0.39, 0.29) is 28.5 Å². The molecule has 0 unspecified atom stereocenters. The first kappa shape index (κ1) is 27.5. The van der Waals surface area contributed by atoms with Gasteiger partial charge in [-0.3, -0.25) is 9.69 Å². The second kappa shape index (κ2) is 11.7. The van der Waals surface area contributed by atoms with Gasteiger partial charge in [-0.1, -0.05) is 37.3 Å². The predicted octanol–water partition coefficient (Wildman–Crippen LogP) is 4.13. The largest absolute Gasteiger partial charge is 0.376 e. The zero-order valence-corrected chi connectivity index (χ0v) is 22.5. The van der Waals surface area contributed by atoms with Crippen molar-refractivity contribution in [3.8, 4) is 0 Å². The minimum Gasteiger partial charge on any atom is -0.376 e. The molecule has 7 nitrogen and oxygen atoms in total. The number of carbonyl (C=O) groups excluding carboxylic acids is 2. The second-order valence-corrected chi connectivity index (χ2v) is 11.1. The van der Waals surface area contributed by atoms with Crippen molar-refractivity contribution in [3.63, 3.8) is 0 Å². The maximum atomic E-state index is 13.3. The Labute approximate surface area is 212 Å². The smallest absolute Gasteiger partial charge is 0.317 e. The highest BCUT2D eigenvalue weighted by Crippen LogP contribution is 2.48. The molecule has 7 heteroatoms. The molecule has 196 valence electrons. The molecular formula is C28H46N4O3. The fraction of sp³-hybridized carbons (Fsp3) is 0.714. The van der Waals surface area contributed by atoms with Crippen LogP contribution in [0.15, 0.2) is 30.3 Å². The summed E-state index contributed by atoms with van der Waals surface area (Å²) in [6.07, 6.45) is 7.54. The fourth-order valence-corrected chi connectivity index (χ4v) is 5.78. The number of methoxy groups -OCH3 is 1. The quantitative estimate of drug-likeness (QED) is 0.493. The van der Waals surface area contributed by atoms with Gasteiger partial charge in [0.15, 0.2) is 0 Å². The normalized spacial score (nSPS) is 25.5. The van der Waals surface area contributed by atoms with Crippen molar-refractivity contribution in [2.45, 2.75) is 76.4 Å². The third kappa shape index (κ3) is 6.56. The van der Waals surface area contributed by atoms with E-state index < -0.39 is 0 Å². The molecule has 3 rings (SSSR count). The molecule has 0 aliphatic heterocycles. The van der Waals surface area contributed by atoms with Crippen molar-refractivity contribution in [2.24, 2.45) is 5.41 Å². The molecule has 1 aromatic carbocycles. The molecular weight excluding hydrogens is 440 g/mol. The summed E-state index contributed by atoms with van der Waals surface area (Å²) in [6.45, 7) is 6.41. The number of nitrogens with zero attached hydrogens (tertiary/aromatic N) is 2. The summed E-state index contributed by atoms with van der Waals surface area (Å²) >= 11 is 0. The Balaban J connectivity index is 1.68. The summed E-state index contributed by atoms with van der Waals surface area (Å²) in [5.41, 5.74) is 1.16. The van der Waals surface area contributed by atoms with Gasteiger partial charge >= 0.3 is 6.03 Å². The summed E-state index contributed by atoms with van der Waals surface area (Å²) < 4.78 is 5.69. The summed E-state index contributed by atoms with van der Waals surface area (Å²) in [4.78, 5) is 29.7. The van der Waals surface area contributed by atoms with Crippen LogP contribution in [-0.2, 0) is 15.1 Å². The van der Waals surface area contributed by atoms with E-state index in [1.54, 1.807) is 7.11 Å². The van der Waals surface area contributed by atoms with Gasteiger partial charge in [0, 0.05) is 45.2 Å². The maximum absolute atomic E-state index is 13.3. The number of amides is 3. The number of ether oxygens (including phenoxy) is 1. The molecule has 2 aliphatic carbocycles. The van der Waals surface area contributed by atoms with Crippen molar-refractivity contribution in [1.82, 2.24) is 20.4 Å². The van der Waals surface area contributed by atoms with Crippen molar-refractivity contribution in [2.75, 3.05) is 47.4 Å². The first-order chi connectivity index (χ1) is 16.7. The molecule has 2 fully saturated rings. The highest BCUT2D eigenvalue weighted by molar-refractivity contribution is 5.78.